The van der Waals surface area contributed by atoms with Crippen LogP contribution in [0.2, 0.25) is 0 Å². The minimum absolute atomic E-state index is 0.0368. The first-order valence-corrected chi connectivity index (χ1v) is 9.45. The van der Waals surface area contributed by atoms with Crippen LogP contribution in [0.25, 0.3) is 0 Å². The molecule has 6 nitrogen and oxygen atoms in total. The lowest BCUT2D eigenvalue weighted by molar-refractivity contribution is -0.161. The fourth-order valence-corrected chi connectivity index (χ4v) is 4.28. The molecule has 1 aromatic heterocycles. The number of nitrogens with zero attached hydrogens (tertiary/aromatic N) is 2. The first-order valence-electron chi connectivity index (χ1n) is 8.63. The van der Waals surface area contributed by atoms with Gasteiger partial charge in [0.1, 0.15) is 0 Å². The minimum atomic E-state index is -1.49. The number of aryl methyl sites for hydroxylation is 2. The molecule has 2 N–H and O–H groups in total. The molecular weight excluding hydrogens is 338 g/mol. The number of anilines is 1. The molecule has 3 rings (SSSR count). The number of hydrogen-bond donors (Lipinski definition) is 2. The number of likely N-dealkylation sites (tertiary alicyclic amines) is 1. The van der Waals surface area contributed by atoms with E-state index >= 15 is 0 Å². The second kappa shape index (κ2) is 7.27. The van der Waals surface area contributed by atoms with Gasteiger partial charge >= 0.3 is 0 Å². The summed E-state index contributed by atoms with van der Waals surface area (Å²) in [6.07, 6.45) is 7.79. The van der Waals surface area contributed by atoms with Crippen molar-refractivity contribution in [2.45, 2.75) is 31.3 Å². The molecule has 0 bridgehead atoms. The molecule has 1 aromatic rings. The van der Waals surface area contributed by atoms with Crippen molar-refractivity contribution in [1.29, 1.82) is 0 Å². The first-order chi connectivity index (χ1) is 11.9. The molecular formula is C18H25N3O3S. The van der Waals surface area contributed by atoms with Gasteiger partial charge in [-0.05, 0) is 51.4 Å². The topological polar surface area (TPSA) is 72.9 Å². The summed E-state index contributed by atoms with van der Waals surface area (Å²) >= 11 is 1.60. The fraction of sp³-hybridized carbons (Fsp3) is 0.556. The highest BCUT2D eigenvalue weighted by Crippen LogP contribution is 2.34. The Morgan fingerprint density at radius 2 is 2.08 bits per heavy atom. The molecule has 0 unspecified atom stereocenters. The Morgan fingerprint density at radius 1 is 1.36 bits per heavy atom. The molecule has 0 aromatic carbocycles. The number of fused-ring (bicyclic) bond motifs is 1. The van der Waals surface area contributed by atoms with Crippen LogP contribution in [0.4, 0.5) is 5.00 Å². The van der Waals surface area contributed by atoms with Gasteiger partial charge in [0.15, 0.2) is 5.60 Å². The largest absolute Gasteiger partial charge is 0.377 e. The molecule has 25 heavy (non-hydrogen) atoms. The standard InChI is InChI=1S/C18H25N3O3S/c1-20(2)9-5-8-16(22)21-11-18(24,12-21)17(23)19-15-10-13-6-3-4-7-14(13)25-15/h5,8,10,24H,3-4,6-7,9,11-12H2,1-2H3,(H,19,23)/b8-5+. The van der Waals surface area contributed by atoms with Crippen LogP contribution in [0.1, 0.15) is 23.3 Å². The van der Waals surface area contributed by atoms with Crippen molar-refractivity contribution >= 4 is 28.2 Å². The maximum Gasteiger partial charge on any atom is 0.260 e. The average molecular weight is 363 g/mol. The monoisotopic (exact) mass is 363 g/mol. The smallest absolute Gasteiger partial charge is 0.260 e. The summed E-state index contributed by atoms with van der Waals surface area (Å²) in [5, 5.41) is 14.1. The lowest BCUT2D eigenvalue weighted by Crippen LogP contribution is -2.68. The Labute approximate surface area is 152 Å². The summed E-state index contributed by atoms with van der Waals surface area (Å²) in [6.45, 7) is 0.748. The van der Waals surface area contributed by atoms with Gasteiger partial charge in [-0.1, -0.05) is 6.08 Å². The van der Waals surface area contributed by atoms with Crippen molar-refractivity contribution in [3.8, 4) is 0 Å². The molecule has 0 atom stereocenters. The normalized spacial score (nSPS) is 19.0. The van der Waals surface area contributed by atoms with Gasteiger partial charge in [-0.25, -0.2) is 0 Å². The van der Waals surface area contributed by atoms with Crippen molar-refractivity contribution in [2.24, 2.45) is 0 Å². The third-order valence-electron chi connectivity index (χ3n) is 4.60. The van der Waals surface area contributed by atoms with Crippen molar-refractivity contribution in [2.75, 3.05) is 39.0 Å². The number of carbonyl (C=O) groups excluding carboxylic acids is 2. The molecule has 136 valence electrons. The van der Waals surface area contributed by atoms with E-state index in [1.807, 2.05) is 25.1 Å². The SMILES string of the molecule is CN(C)C/C=C/C(=O)N1CC(O)(C(=O)Nc2cc3c(s2)CCCC3)C1. The van der Waals surface area contributed by atoms with E-state index in [4.69, 9.17) is 0 Å². The molecule has 2 aliphatic rings. The van der Waals surface area contributed by atoms with E-state index in [0.29, 0.717) is 6.54 Å². The molecule has 7 heteroatoms. The quantitative estimate of drug-likeness (QED) is 0.773. The zero-order valence-corrected chi connectivity index (χ0v) is 15.6. The molecule has 0 spiro atoms. The van der Waals surface area contributed by atoms with Gasteiger partial charge in [-0.3, -0.25) is 9.59 Å². The van der Waals surface area contributed by atoms with Crippen LogP contribution in [-0.4, -0.2) is 66.1 Å². The molecule has 1 aliphatic heterocycles. The van der Waals surface area contributed by atoms with Crippen molar-refractivity contribution in [3.63, 3.8) is 0 Å². The number of aliphatic hydroxyl groups is 1. The van der Waals surface area contributed by atoms with Gasteiger partial charge in [0.2, 0.25) is 5.91 Å². The van der Waals surface area contributed by atoms with E-state index in [2.05, 4.69) is 5.32 Å². The van der Waals surface area contributed by atoms with Gasteiger partial charge in [-0.2, -0.15) is 0 Å². The summed E-state index contributed by atoms with van der Waals surface area (Å²) < 4.78 is 0. The number of nitrogens with one attached hydrogen (secondary N) is 1. The first kappa shape index (κ1) is 18.1. The summed E-state index contributed by atoms with van der Waals surface area (Å²) in [7, 11) is 3.84. The Kier molecular flexibility index (Phi) is 5.27. The van der Waals surface area contributed by atoms with Gasteiger partial charge in [0.25, 0.3) is 5.91 Å². The van der Waals surface area contributed by atoms with Crippen LogP contribution in [0.3, 0.4) is 0 Å². The Bertz CT molecular complexity index is 666. The lowest BCUT2D eigenvalue weighted by atomic mass is 9.93. The fourth-order valence-electron chi connectivity index (χ4n) is 3.13. The van der Waals surface area contributed by atoms with Crippen LogP contribution in [0, 0.1) is 0 Å². The third kappa shape index (κ3) is 4.11. The summed E-state index contributed by atoms with van der Waals surface area (Å²) in [5.41, 5.74) is -0.176. The molecule has 1 saturated heterocycles. The maximum atomic E-state index is 12.4. The number of carbonyl (C=O) groups is 2. The van der Waals surface area contributed by atoms with E-state index in [0.717, 1.165) is 17.8 Å². The van der Waals surface area contributed by atoms with Crippen LogP contribution in [-0.2, 0) is 22.4 Å². The van der Waals surface area contributed by atoms with Crippen molar-refractivity contribution < 1.29 is 14.7 Å². The molecule has 1 aliphatic carbocycles. The van der Waals surface area contributed by atoms with Crippen LogP contribution < -0.4 is 5.32 Å². The Morgan fingerprint density at radius 3 is 2.76 bits per heavy atom. The molecule has 2 amide bonds. The number of β-amino-alcohol motifs (C(OH)–C–C–N with tert-alkyl or cyclic N) is 1. The van der Waals surface area contributed by atoms with Crippen LogP contribution in [0.15, 0.2) is 18.2 Å². The predicted octanol–water partition coefficient (Wildman–Crippen LogP) is 1.26. The van der Waals surface area contributed by atoms with Gasteiger partial charge in [0.05, 0.1) is 18.1 Å². The minimum Gasteiger partial charge on any atom is -0.377 e. The number of rotatable bonds is 5. The van der Waals surface area contributed by atoms with E-state index < -0.39 is 11.5 Å². The molecule has 2 heterocycles. The van der Waals surface area contributed by atoms with Gasteiger partial charge < -0.3 is 20.2 Å². The van der Waals surface area contributed by atoms with Crippen LogP contribution >= 0.6 is 11.3 Å². The van der Waals surface area contributed by atoms with Crippen molar-refractivity contribution in [3.05, 3.63) is 28.7 Å². The van der Waals surface area contributed by atoms with Crippen LogP contribution in [0.5, 0.6) is 0 Å². The Hall–Kier alpha value is -1.70. The van der Waals surface area contributed by atoms with E-state index in [9.17, 15) is 14.7 Å². The summed E-state index contributed by atoms with van der Waals surface area (Å²) in [6, 6.07) is 2.02. The van der Waals surface area contributed by atoms with E-state index in [1.54, 1.807) is 17.4 Å². The average Bonchev–Trinajstić information content (AvgIpc) is 2.93. The van der Waals surface area contributed by atoms with Gasteiger partial charge in [0, 0.05) is 17.5 Å². The number of amides is 2. The highest BCUT2D eigenvalue weighted by atomic mass is 32.1. The van der Waals surface area contributed by atoms with E-state index in [1.165, 1.54) is 34.3 Å². The van der Waals surface area contributed by atoms with Crippen molar-refractivity contribution in [1.82, 2.24) is 9.80 Å². The zero-order chi connectivity index (χ0) is 18.0. The summed E-state index contributed by atoms with van der Waals surface area (Å²) in [4.78, 5) is 29.1. The highest BCUT2D eigenvalue weighted by Gasteiger charge is 2.49. The Balaban J connectivity index is 1.52. The number of likely N-dealkylation sites (N-methyl/N-ethyl adjacent to an activating group) is 1. The number of hydrogen-bond acceptors (Lipinski definition) is 5. The molecule has 0 saturated carbocycles. The zero-order valence-electron chi connectivity index (χ0n) is 14.7. The number of thiophene rings is 1. The molecule has 0 radical (unpaired) electrons. The predicted molar refractivity (Wildman–Crippen MR) is 98.8 cm³/mol. The highest BCUT2D eigenvalue weighted by molar-refractivity contribution is 7.16. The second-order valence-corrected chi connectivity index (χ2v) is 8.25. The maximum absolute atomic E-state index is 12.4. The molecule has 1 fully saturated rings. The second-order valence-electron chi connectivity index (χ2n) is 7.11. The van der Waals surface area contributed by atoms with Gasteiger partial charge in [-0.15, -0.1) is 11.3 Å². The summed E-state index contributed by atoms with van der Waals surface area (Å²) in [5.74, 6) is -0.599. The lowest BCUT2D eigenvalue weighted by Gasteiger charge is -2.44. The van der Waals surface area contributed by atoms with E-state index in [-0.39, 0.29) is 19.0 Å². The third-order valence-corrected chi connectivity index (χ3v) is 5.76.